The molecule has 1 amide bonds. The van der Waals surface area contributed by atoms with Crippen molar-refractivity contribution in [3.05, 3.63) is 62.1 Å². The quantitative estimate of drug-likeness (QED) is 0.605. The summed E-state index contributed by atoms with van der Waals surface area (Å²) in [7, 11) is 0. The topological polar surface area (TPSA) is 108 Å². The van der Waals surface area contributed by atoms with Gasteiger partial charge >= 0.3 is 0 Å². The molecule has 9 heteroatoms. The van der Waals surface area contributed by atoms with Crippen molar-refractivity contribution in [2.24, 2.45) is 0 Å². The molecule has 9 nitrogen and oxygen atoms in total. The molecular weight excluding hydrogens is 340 g/mol. The predicted molar refractivity (Wildman–Crippen MR) is 92.5 cm³/mol. The number of carbonyl (C=O) groups is 1. The zero-order valence-corrected chi connectivity index (χ0v) is 14.4. The van der Waals surface area contributed by atoms with Crippen molar-refractivity contribution in [2.45, 2.75) is 20.0 Å². The molecule has 1 aromatic heterocycles. The van der Waals surface area contributed by atoms with Crippen molar-refractivity contribution < 1.29 is 14.5 Å². The van der Waals surface area contributed by atoms with E-state index in [9.17, 15) is 19.7 Å². The van der Waals surface area contributed by atoms with Crippen molar-refractivity contribution >= 4 is 11.6 Å². The molecule has 1 aliphatic rings. The van der Waals surface area contributed by atoms with E-state index < -0.39 is 16.3 Å². The van der Waals surface area contributed by atoms with E-state index in [1.807, 2.05) is 6.92 Å². The molecule has 0 aliphatic carbocycles. The Labute approximate surface area is 149 Å². The minimum Gasteiger partial charge on any atom is -0.375 e. The van der Waals surface area contributed by atoms with E-state index in [1.54, 1.807) is 19.1 Å². The van der Waals surface area contributed by atoms with Crippen LogP contribution in [0, 0.1) is 17.0 Å². The van der Waals surface area contributed by atoms with Gasteiger partial charge in [0.2, 0.25) is 5.43 Å². The molecule has 1 saturated heterocycles. The molecule has 1 aromatic carbocycles. The smallest absolute Gasteiger partial charge is 0.294 e. The maximum absolute atomic E-state index is 12.7. The molecule has 136 valence electrons. The van der Waals surface area contributed by atoms with E-state index in [0.717, 1.165) is 0 Å². The van der Waals surface area contributed by atoms with E-state index >= 15 is 0 Å². The number of benzene rings is 1. The van der Waals surface area contributed by atoms with Crippen LogP contribution < -0.4 is 5.43 Å². The van der Waals surface area contributed by atoms with E-state index in [1.165, 1.54) is 27.8 Å². The van der Waals surface area contributed by atoms with Crippen LogP contribution in [0.15, 0.2) is 35.1 Å². The van der Waals surface area contributed by atoms with Crippen LogP contribution in [0.1, 0.15) is 23.1 Å². The Morgan fingerprint density at radius 1 is 1.38 bits per heavy atom. The highest BCUT2D eigenvalue weighted by molar-refractivity contribution is 5.92. The highest BCUT2D eigenvalue weighted by Crippen LogP contribution is 2.22. The first-order valence-electron chi connectivity index (χ1n) is 8.14. The fourth-order valence-corrected chi connectivity index (χ4v) is 2.89. The summed E-state index contributed by atoms with van der Waals surface area (Å²) in [6.07, 6.45) is -0.129. The van der Waals surface area contributed by atoms with Gasteiger partial charge in [-0.15, -0.1) is 0 Å². The van der Waals surface area contributed by atoms with Crippen molar-refractivity contribution in [2.75, 3.05) is 19.7 Å². The zero-order chi connectivity index (χ0) is 18.8. The van der Waals surface area contributed by atoms with Gasteiger partial charge in [0, 0.05) is 30.9 Å². The third-order valence-corrected chi connectivity index (χ3v) is 4.14. The number of aryl methyl sites for hydroxylation is 1. The first-order chi connectivity index (χ1) is 12.4. The predicted octanol–water partition coefficient (Wildman–Crippen LogP) is 1.31. The number of carbonyl (C=O) groups excluding carboxylic acids is 1. The van der Waals surface area contributed by atoms with Crippen LogP contribution in [-0.4, -0.2) is 51.3 Å². The Morgan fingerprint density at radius 3 is 2.81 bits per heavy atom. The largest absolute Gasteiger partial charge is 0.375 e. The fourth-order valence-electron chi connectivity index (χ4n) is 2.89. The minimum absolute atomic E-state index is 0.129. The van der Waals surface area contributed by atoms with E-state index in [-0.39, 0.29) is 23.2 Å². The molecule has 1 atom stereocenters. The lowest BCUT2D eigenvalue weighted by Crippen LogP contribution is -2.46. The normalized spacial score (nSPS) is 17.2. The van der Waals surface area contributed by atoms with Crippen molar-refractivity contribution in [3.63, 3.8) is 0 Å². The third-order valence-electron chi connectivity index (χ3n) is 4.14. The first-order valence-corrected chi connectivity index (χ1v) is 8.14. The summed E-state index contributed by atoms with van der Waals surface area (Å²) in [6.45, 7) is 4.56. The number of aromatic nitrogens is 2. The molecule has 1 fully saturated rings. The SMILES string of the molecule is Cc1cc(=O)c(C(=O)N2CCOC(C)C2)nn1-c1ccccc1[N+](=O)[O-]. The molecule has 0 bridgehead atoms. The molecule has 2 aromatic rings. The third kappa shape index (κ3) is 3.33. The highest BCUT2D eigenvalue weighted by atomic mass is 16.6. The average molecular weight is 358 g/mol. The second-order valence-electron chi connectivity index (χ2n) is 6.09. The lowest BCUT2D eigenvalue weighted by Gasteiger charge is -2.30. The maximum Gasteiger partial charge on any atom is 0.294 e. The summed E-state index contributed by atoms with van der Waals surface area (Å²) in [6, 6.07) is 7.31. The summed E-state index contributed by atoms with van der Waals surface area (Å²) in [5.74, 6) is -0.502. The first kappa shape index (κ1) is 17.7. The van der Waals surface area contributed by atoms with Gasteiger partial charge in [0.05, 0.1) is 17.6 Å². The maximum atomic E-state index is 12.7. The lowest BCUT2D eigenvalue weighted by atomic mass is 10.2. The summed E-state index contributed by atoms with van der Waals surface area (Å²) in [5, 5.41) is 15.4. The molecule has 3 rings (SSSR count). The standard InChI is InChI=1S/C17H18N4O5/c1-11-9-15(22)16(17(23)19-7-8-26-12(2)10-19)18-20(11)13-5-3-4-6-14(13)21(24)25/h3-6,9,12H,7-8,10H2,1-2H3. The summed E-state index contributed by atoms with van der Waals surface area (Å²) in [4.78, 5) is 37.3. The molecule has 26 heavy (non-hydrogen) atoms. The van der Waals surface area contributed by atoms with Crippen LogP contribution in [-0.2, 0) is 4.74 Å². The van der Waals surface area contributed by atoms with Gasteiger partial charge in [0.25, 0.3) is 11.6 Å². The van der Waals surface area contributed by atoms with Crippen molar-refractivity contribution in [1.82, 2.24) is 14.7 Å². The Bertz CT molecular complexity index is 924. The number of nitrogens with zero attached hydrogens (tertiary/aromatic N) is 4. The summed E-state index contributed by atoms with van der Waals surface area (Å²) in [5.41, 5.74) is -0.343. The number of nitro groups is 1. The number of hydrogen-bond donors (Lipinski definition) is 0. The molecule has 1 unspecified atom stereocenters. The molecule has 0 N–H and O–H groups in total. The molecule has 0 radical (unpaired) electrons. The second-order valence-corrected chi connectivity index (χ2v) is 6.09. The van der Waals surface area contributed by atoms with Gasteiger partial charge < -0.3 is 9.64 Å². The zero-order valence-electron chi connectivity index (χ0n) is 14.4. The Hall–Kier alpha value is -3.07. The van der Waals surface area contributed by atoms with Crippen molar-refractivity contribution in [1.29, 1.82) is 0 Å². The van der Waals surface area contributed by atoms with Crippen molar-refractivity contribution in [3.8, 4) is 5.69 Å². The van der Waals surface area contributed by atoms with Gasteiger partial charge in [-0.05, 0) is 19.9 Å². The Morgan fingerprint density at radius 2 is 2.12 bits per heavy atom. The average Bonchev–Trinajstić information content (AvgIpc) is 2.61. The number of morpholine rings is 1. The van der Waals surface area contributed by atoms with Gasteiger partial charge in [-0.2, -0.15) is 5.10 Å². The summed E-state index contributed by atoms with van der Waals surface area (Å²) >= 11 is 0. The number of ether oxygens (including phenoxy) is 1. The number of amides is 1. The molecule has 2 heterocycles. The molecular formula is C17H18N4O5. The lowest BCUT2D eigenvalue weighted by molar-refractivity contribution is -0.384. The van der Waals surface area contributed by atoms with E-state index in [4.69, 9.17) is 4.74 Å². The summed E-state index contributed by atoms with van der Waals surface area (Å²) < 4.78 is 6.67. The van der Waals surface area contributed by atoms with Gasteiger partial charge in [0.1, 0.15) is 5.69 Å². The fraction of sp³-hybridized carbons (Fsp3) is 0.353. The molecule has 0 spiro atoms. The Kier molecular flexibility index (Phi) is 4.81. The highest BCUT2D eigenvalue weighted by Gasteiger charge is 2.27. The van der Waals surface area contributed by atoms with Crippen LogP contribution in [0.3, 0.4) is 0 Å². The van der Waals surface area contributed by atoms with Crippen LogP contribution in [0.25, 0.3) is 5.69 Å². The second kappa shape index (κ2) is 7.04. The number of nitro benzene ring substituents is 1. The monoisotopic (exact) mass is 358 g/mol. The molecule has 0 saturated carbocycles. The minimum atomic E-state index is -0.528. The van der Waals surface area contributed by atoms with Gasteiger partial charge in [-0.1, -0.05) is 12.1 Å². The van der Waals surface area contributed by atoms with Gasteiger partial charge in [-0.3, -0.25) is 19.7 Å². The Balaban J connectivity index is 2.07. The van der Waals surface area contributed by atoms with Gasteiger partial charge in [0.15, 0.2) is 5.69 Å². The number of hydrogen-bond acceptors (Lipinski definition) is 6. The van der Waals surface area contributed by atoms with E-state index in [0.29, 0.717) is 25.4 Å². The number of rotatable bonds is 3. The van der Waals surface area contributed by atoms with Crippen LogP contribution in [0.4, 0.5) is 5.69 Å². The van der Waals surface area contributed by atoms with Crippen LogP contribution in [0.5, 0.6) is 0 Å². The van der Waals surface area contributed by atoms with Crippen LogP contribution in [0.2, 0.25) is 0 Å². The van der Waals surface area contributed by atoms with Gasteiger partial charge in [-0.25, -0.2) is 4.68 Å². The van der Waals surface area contributed by atoms with Crippen LogP contribution >= 0.6 is 0 Å². The molecule has 1 aliphatic heterocycles. The number of para-hydroxylation sites is 2. The van der Waals surface area contributed by atoms with E-state index in [2.05, 4.69) is 5.10 Å².